The zero-order chi connectivity index (χ0) is 16.6. The number of hydrogen-bond acceptors (Lipinski definition) is 4. The zero-order valence-electron chi connectivity index (χ0n) is 12.5. The van der Waals surface area contributed by atoms with Crippen LogP contribution in [0.15, 0.2) is 42.5 Å². The second kappa shape index (κ2) is 5.83. The van der Waals surface area contributed by atoms with Gasteiger partial charge in [-0.2, -0.15) is 0 Å². The Hall–Kier alpha value is -2.11. The molecule has 1 aromatic heterocycles. The van der Waals surface area contributed by atoms with Gasteiger partial charge in [0.1, 0.15) is 10.8 Å². The van der Waals surface area contributed by atoms with Crippen LogP contribution < -0.4 is 4.74 Å². The quantitative estimate of drug-likeness (QED) is 0.732. The van der Waals surface area contributed by atoms with Gasteiger partial charge in [0.15, 0.2) is 5.60 Å². The van der Waals surface area contributed by atoms with Crippen LogP contribution in [-0.2, 0) is 4.79 Å². The number of rotatable bonds is 4. The number of fused-ring (bicyclic) bond motifs is 1. The first kappa shape index (κ1) is 15.8. The number of hydrogen-bond donors (Lipinski definition) is 1. The van der Waals surface area contributed by atoms with Crippen LogP contribution in [0.5, 0.6) is 5.75 Å². The monoisotopic (exact) mass is 347 g/mol. The number of carboxylic acid groups (broad SMARTS) is 1. The molecule has 0 spiro atoms. The number of benzene rings is 2. The Morgan fingerprint density at radius 3 is 2.78 bits per heavy atom. The Kier molecular flexibility index (Phi) is 4.00. The third-order valence-electron chi connectivity index (χ3n) is 3.32. The van der Waals surface area contributed by atoms with Gasteiger partial charge in [0.2, 0.25) is 0 Å². The van der Waals surface area contributed by atoms with Gasteiger partial charge in [-0.25, -0.2) is 9.78 Å². The summed E-state index contributed by atoms with van der Waals surface area (Å²) in [5.41, 5.74) is 0.426. The van der Waals surface area contributed by atoms with E-state index in [-0.39, 0.29) is 0 Å². The molecule has 0 radical (unpaired) electrons. The van der Waals surface area contributed by atoms with Gasteiger partial charge in [-0.3, -0.25) is 0 Å². The summed E-state index contributed by atoms with van der Waals surface area (Å²) in [5.74, 6) is -0.523. The third-order valence-corrected chi connectivity index (χ3v) is 4.64. The summed E-state index contributed by atoms with van der Waals surface area (Å²) in [6.07, 6.45) is 0. The minimum Gasteiger partial charge on any atom is -0.478 e. The first-order chi connectivity index (χ1) is 10.8. The normalized spacial score (nSPS) is 11.6. The first-order valence-electron chi connectivity index (χ1n) is 6.94. The van der Waals surface area contributed by atoms with Crippen LogP contribution >= 0.6 is 22.9 Å². The van der Waals surface area contributed by atoms with Gasteiger partial charge in [-0.1, -0.05) is 23.7 Å². The molecule has 3 aromatic rings. The fourth-order valence-corrected chi connectivity index (χ4v) is 3.16. The highest BCUT2D eigenvalue weighted by atomic mass is 35.5. The number of halogens is 1. The maximum absolute atomic E-state index is 11.2. The molecule has 0 saturated carbocycles. The van der Waals surface area contributed by atoms with Crippen LogP contribution in [0.25, 0.3) is 20.8 Å². The summed E-state index contributed by atoms with van der Waals surface area (Å²) in [4.78, 5) is 15.8. The Morgan fingerprint density at radius 1 is 1.26 bits per heavy atom. The highest BCUT2D eigenvalue weighted by Gasteiger charge is 2.29. The van der Waals surface area contributed by atoms with E-state index in [2.05, 4.69) is 4.98 Å². The second-order valence-corrected chi connectivity index (χ2v) is 7.04. The van der Waals surface area contributed by atoms with E-state index in [0.717, 1.165) is 20.8 Å². The lowest BCUT2D eigenvalue weighted by molar-refractivity contribution is -0.152. The van der Waals surface area contributed by atoms with Crippen molar-refractivity contribution < 1.29 is 14.6 Å². The van der Waals surface area contributed by atoms with Crippen molar-refractivity contribution in [1.82, 2.24) is 4.98 Å². The second-order valence-electron chi connectivity index (χ2n) is 5.58. The van der Waals surface area contributed by atoms with E-state index < -0.39 is 11.6 Å². The number of ether oxygens (including phenoxy) is 1. The van der Waals surface area contributed by atoms with E-state index >= 15 is 0 Å². The van der Waals surface area contributed by atoms with Gasteiger partial charge < -0.3 is 9.84 Å². The SMILES string of the molecule is CC(C)(Oc1cccc(-c2nc3cc(Cl)ccc3s2)c1)C(=O)O. The average Bonchev–Trinajstić information content (AvgIpc) is 2.90. The smallest absolute Gasteiger partial charge is 0.347 e. The molecule has 118 valence electrons. The fourth-order valence-electron chi connectivity index (χ4n) is 2.05. The lowest BCUT2D eigenvalue weighted by atomic mass is 10.1. The Bertz CT molecular complexity index is 888. The van der Waals surface area contributed by atoms with Crippen molar-refractivity contribution >= 4 is 39.1 Å². The lowest BCUT2D eigenvalue weighted by Crippen LogP contribution is -2.37. The van der Waals surface area contributed by atoms with Crippen molar-refractivity contribution in [1.29, 1.82) is 0 Å². The minimum absolute atomic E-state index is 0.493. The Balaban J connectivity index is 1.96. The van der Waals surface area contributed by atoms with Crippen LogP contribution in [0, 0.1) is 0 Å². The number of thiazole rings is 1. The van der Waals surface area contributed by atoms with Crippen molar-refractivity contribution in [3.05, 3.63) is 47.5 Å². The van der Waals surface area contributed by atoms with Gasteiger partial charge in [0.05, 0.1) is 10.2 Å². The zero-order valence-corrected chi connectivity index (χ0v) is 14.1. The van der Waals surface area contributed by atoms with E-state index in [1.807, 2.05) is 30.3 Å². The Morgan fingerprint density at radius 2 is 2.04 bits per heavy atom. The van der Waals surface area contributed by atoms with Crippen LogP contribution in [0.1, 0.15) is 13.8 Å². The molecule has 0 atom stereocenters. The summed E-state index contributed by atoms with van der Waals surface area (Å²) in [7, 11) is 0. The molecule has 0 aliphatic rings. The number of aliphatic carboxylic acids is 1. The summed E-state index contributed by atoms with van der Waals surface area (Å²) < 4.78 is 6.62. The largest absolute Gasteiger partial charge is 0.478 e. The van der Waals surface area contributed by atoms with E-state index in [4.69, 9.17) is 21.4 Å². The molecular weight excluding hydrogens is 334 g/mol. The molecule has 4 nitrogen and oxygen atoms in total. The van der Waals surface area contributed by atoms with Gasteiger partial charge >= 0.3 is 5.97 Å². The van der Waals surface area contributed by atoms with Crippen LogP contribution in [0.3, 0.4) is 0 Å². The topological polar surface area (TPSA) is 59.4 Å². The van der Waals surface area contributed by atoms with Gasteiger partial charge in [0.25, 0.3) is 0 Å². The molecule has 6 heteroatoms. The summed E-state index contributed by atoms with van der Waals surface area (Å²) in [5, 5.41) is 10.6. The first-order valence-corrected chi connectivity index (χ1v) is 8.13. The number of carbonyl (C=O) groups is 1. The molecule has 0 aliphatic heterocycles. The summed E-state index contributed by atoms with van der Waals surface area (Å²) in [6.45, 7) is 3.03. The molecule has 0 saturated heterocycles. The molecule has 0 bridgehead atoms. The van der Waals surface area contributed by atoms with Crippen molar-refractivity contribution in [3.63, 3.8) is 0 Å². The number of carboxylic acids is 1. The molecule has 0 aliphatic carbocycles. The van der Waals surface area contributed by atoms with Crippen LogP contribution in [0.2, 0.25) is 5.02 Å². The van der Waals surface area contributed by atoms with Crippen molar-refractivity contribution in [2.45, 2.75) is 19.4 Å². The maximum Gasteiger partial charge on any atom is 0.347 e. The molecule has 0 fully saturated rings. The Labute approximate surface area is 142 Å². The van der Waals surface area contributed by atoms with Crippen molar-refractivity contribution in [3.8, 4) is 16.3 Å². The predicted molar refractivity (Wildman–Crippen MR) is 92.4 cm³/mol. The van der Waals surface area contributed by atoms with E-state index in [0.29, 0.717) is 10.8 Å². The van der Waals surface area contributed by atoms with Gasteiger partial charge in [-0.15, -0.1) is 11.3 Å². The molecule has 23 heavy (non-hydrogen) atoms. The third kappa shape index (κ3) is 3.30. The summed E-state index contributed by atoms with van der Waals surface area (Å²) >= 11 is 7.54. The molecule has 0 amide bonds. The molecule has 0 unspecified atom stereocenters. The minimum atomic E-state index is -1.29. The van der Waals surface area contributed by atoms with Gasteiger partial charge in [0, 0.05) is 10.6 Å². The van der Waals surface area contributed by atoms with Crippen molar-refractivity contribution in [2.75, 3.05) is 0 Å². The molecule has 1 heterocycles. The predicted octanol–water partition coefficient (Wildman–Crippen LogP) is 4.86. The highest BCUT2D eigenvalue weighted by molar-refractivity contribution is 7.21. The lowest BCUT2D eigenvalue weighted by Gasteiger charge is -2.21. The molecular formula is C17H14ClNO3S. The van der Waals surface area contributed by atoms with Gasteiger partial charge in [-0.05, 0) is 44.2 Å². The molecule has 3 rings (SSSR count). The highest BCUT2D eigenvalue weighted by Crippen LogP contribution is 2.33. The van der Waals surface area contributed by atoms with E-state index in [1.165, 1.54) is 13.8 Å². The molecule has 1 N–H and O–H groups in total. The number of aromatic nitrogens is 1. The summed E-state index contributed by atoms with van der Waals surface area (Å²) in [6, 6.07) is 12.9. The standard InChI is InChI=1S/C17H14ClNO3S/c1-17(2,16(20)21)22-12-5-3-4-10(8-12)15-19-13-9-11(18)6-7-14(13)23-15/h3-9H,1-2H3,(H,20,21). The fraction of sp³-hybridized carbons (Fsp3) is 0.176. The maximum atomic E-state index is 11.2. The van der Waals surface area contributed by atoms with E-state index in [1.54, 1.807) is 23.5 Å². The molecule has 2 aromatic carbocycles. The number of nitrogens with zero attached hydrogens (tertiary/aromatic N) is 1. The van der Waals surface area contributed by atoms with Crippen LogP contribution in [0.4, 0.5) is 0 Å². The van der Waals surface area contributed by atoms with E-state index in [9.17, 15) is 4.79 Å². The van der Waals surface area contributed by atoms with Crippen molar-refractivity contribution in [2.24, 2.45) is 0 Å². The average molecular weight is 348 g/mol. The van der Waals surface area contributed by atoms with Crippen LogP contribution in [-0.4, -0.2) is 21.7 Å².